The third-order valence-electron chi connectivity index (χ3n) is 4.21. The summed E-state index contributed by atoms with van der Waals surface area (Å²) in [6, 6.07) is 8.98. The number of rotatable bonds is 6. The van der Waals surface area contributed by atoms with Crippen molar-refractivity contribution in [1.29, 1.82) is 0 Å². The number of aryl methyl sites for hydroxylation is 1. The fourth-order valence-electron chi connectivity index (χ4n) is 3.03. The number of aliphatic hydroxyl groups is 2. The summed E-state index contributed by atoms with van der Waals surface area (Å²) in [5.74, 6) is -0.394. The first-order chi connectivity index (χ1) is 11.0. The number of piperidine rings is 1. The van der Waals surface area contributed by atoms with Crippen LogP contribution in [0.3, 0.4) is 0 Å². The predicted octanol–water partition coefficient (Wildman–Crippen LogP) is 0.499. The normalized spacial score (nSPS) is 28.5. The van der Waals surface area contributed by atoms with Crippen molar-refractivity contribution in [3.63, 3.8) is 0 Å². The number of likely N-dealkylation sites (tertiary alicyclic amines) is 1. The van der Waals surface area contributed by atoms with Crippen LogP contribution in [0.1, 0.15) is 18.9 Å². The molecule has 0 aliphatic carbocycles. The van der Waals surface area contributed by atoms with E-state index in [9.17, 15) is 19.4 Å². The molecule has 1 aromatic rings. The van der Waals surface area contributed by atoms with Crippen LogP contribution in [0.2, 0.25) is 0 Å². The van der Waals surface area contributed by atoms with Crippen molar-refractivity contribution < 1.29 is 19.4 Å². The summed E-state index contributed by atoms with van der Waals surface area (Å²) < 4.78 is 13.9. The summed E-state index contributed by atoms with van der Waals surface area (Å²) in [5, 5.41) is 22.4. The fraction of sp³-hybridized carbons (Fsp3) is 0.588. The van der Waals surface area contributed by atoms with E-state index in [0.29, 0.717) is 13.1 Å². The molecule has 1 saturated heterocycles. The van der Waals surface area contributed by atoms with Crippen LogP contribution in [-0.2, 0) is 11.2 Å². The Kier molecular flexibility index (Phi) is 6.50. The molecule has 1 heterocycles. The van der Waals surface area contributed by atoms with Crippen molar-refractivity contribution in [3.8, 4) is 0 Å². The molecule has 1 aromatic carbocycles. The van der Waals surface area contributed by atoms with E-state index in [1.54, 1.807) is 11.8 Å². The van der Waals surface area contributed by atoms with Gasteiger partial charge in [0.1, 0.15) is 18.2 Å². The minimum Gasteiger partial charge on any atom is -0.389 e. The lowest BCUT2D eigenvalue weighted by Gasteiger charge is -2.42. The van der Waals surface area contributed by atoms with E-state index in [1.165, 1.54) is 5.56 Å². The molecule has 4 atom stereocenters. The predicted molar refractivity (Wildman–Crippen MR) is 85.7 cm³/mol. The Morgan fingerprint density at radius 2 is 2.04 bits per heavy atom. The molecule has 1 fully saturated rings. The molecule has 0 radical (unpaired) electrons. The van der Waals surface area contributed by atoms with Gasteiger partial charge in [0.05, 0.1) is 0 Å². The number of aliphatic hydroxyl groups excluding tert-OH is 2. The van der Waals surface area contributed by atoms with Gasteiger partial charge in [-0.05, 0) is 31.9 Å². The van der Waals surface area contributed by atoms with Gasteiger partial charge in [-0.1, -0.05) is 30.3 Å². The Labute approximate surface area is 136 Å². The first-order valence-corrected chi connectivity index (χ1v) is 8.10. The summed E-state index contributed by atoms with van der Waals surface area (Å²) >= 11 is 0. The van der Waals surface area contributed by atoms with E-state index in [0.717, 1.165) is 12.8 Å². The average Bonchev–Trinajstić information content (AvgIpc) is 2.54. The number of amides is 1. The van der Waals surface area contributed by atoms with Gasteiger partial charge < -0.3 is 15.5 Å². The van der Waals surface area contributed by atoms with Gasteiger partial charge in [0.2, 0.25) is 5.91 Å². The Bertz CT molecular complexity index is 500. The van der Waals surface area contributed by atoms with E-state index in [2.05, 4.69) is 5.32 Å². The van der Waals surface area contributed by atoms with Gasteiger partial charge in [-0.3, -0.25) is 9.69 Å². The number of carbonyl (C=O) groups is 1. The van der Waals surface area contributed by atoms with Gasteiger partial charge in [-0.15, -0.1) is 0 Å². The fourth-order valence-corrected chi connectivity index (χ4v) is 3.03. The number of likely N-dealkylation sites (N-methyl/N-ethyl adjacent to an activating group) is 1. The quantitative estimate of drug-likeness (QED) is 0.712. The Morgan fingerprint density at radius 3 is 2.70 bits per heavy atom. The van der Waals surface area contributed by atoms with Gasteiger partial charge >= 0.3 is 0 Å². The van der Waals surface area contributed by atoms with Crippen LogP contribution >= 0.6 is 0 Å². The molecule has 0 spiro atoms. The van der Waals surface area contributed by atoms with Gasteiger partial charge in [-0.2, -0.15) is 0 Å². The molecule has 0 saturated carbocycles. The first kappa shape index (κ1) is 17.8. The van der Waals surface area contributed by atoms with E-state index in [-0.39, 0.29) is 6.54 Å². The molecule has 0 aromatic heterocycles. The van der Waals surface area contributed by atoms with Crippen molar-refractivity contribution >= 4 is 5.91 Å². The lowest BCUT2D eigenvalue weighted by Crippen LogP contribution is -2.64. The second-order valence-electron chi connectivity index (χ2n) is 5.93. The zero-order valence-electron chi connectivity index (χ0n) is 13.4. The van der Waals surface area contributed by atoms with Crippen LogP contribution in [-0.4, -0.2) is 65.1 Å². The van der Waals surface area contributed by atoms with Gasteiger partial charge in [0, 0.05) is 13.1 Å². The Hall–Kier alpha value is -1.50. The van der Waals surface area contributed by atoms with Crippen LogP contribution in [0.25, 0.3) is 0 Å². The summed E-state index contributed by atoms with van der Waals surface area (Å²) in [7, 11) is 0. The van der Waals surface area contributed by atoms with Crippen LogP contribution in [0.4, 0.5) is 4.39 Å². The third kappa shape index (κ3) is 4.50. The molecule has 1 amide bonds. The average molecular weight is 324 g/mol. The molecule has 5 nitrogen and oxygen atoms in total. The third-order valence-corrected chi connectivity index (χ3v) is 4.21. The highest BCUT2D eigenvalue weighted by Crippen LogP contribution is 2.22. The highest BCUT2D eigenvalue weighted by Gasteiger charge is 2.45. The van der Waals surface area contributed by atoms with Crippen LogP contribution < -0.4 is 5.32 Å². The summed E-state index contributed by atoms with van der Waals surface area (Å²) in [4.78, 5) is 13.8. The molecule has 128 valence electrons. The minimum absolute atomic E-state index is 0.0504. The Balaban J connectivity index is 1.99. The number of halogens is 1. The second kappa shape index (κ2) is 8.38. The zero-order valence-corrected chi connectivity index (χ0v) is 13.4. The maximum absolute atomic E-state index is 13.9. The first-order valence-electron chi connectivity index (χ1n) is 8.10. The summed E-state index contributed by atoms with van der Waals surface area (Å²) in [6.07, 6.45) is -3.00. The highest BCUT2D eigenvalue weighted by atomic mass is 19.1. The van der Waals surface area contributed by atoms with E-state index in [4.69, 9.17) is 0 Å². The van der Waals surface area contributed by atoms with Crippen molar-refractivity contribution in [1.82, 2.24) is 10.2 Å². The van der Waals surface area contributed by atoms with Crippen molar-refractivity contribution in [3.05, 3.63) is 35.9 Å². The van der Waals surface area contributed by atoms with Crippen molar-refractivity contribution in [2.45, 2.75) is 44.2 Å². The molecule has 1 aliphatic heterocycles. The van der Waals surface area contributed by atoms with Crippen LogP contribution in [0.5, 0.6) is 0 Å². The van der Waals surface area contributed by atoms with Gasteiger partial charge in [0.25, 0.3) is 0 Å². The second-order valence-corrected chi connectivity index (χ2v) is 5.93. The van der Waals surface area contributed by atoms with Gasteiger partial charge in [0.15, 0.2) is 6.17 Å². The van der Waals surface area contributed by atoms with Crippen LogP contribution in [0, 0.1) is 0 Å². The number of hydrogen-bond acceptors (Lipinski definition) is 4. The van der Waals surface area contributed by atoms with E-state index < -0.39 is 30.3 Å². The number of benzene rings is 1. The summed E-state index contributed by atoms with van der Waals surface area (Å²) in [5.41, 5.74) is 1.18. The lowest BCUT2D eigenvalue weighted by molar-refractivity contribution is -0.146. The topological polar surface area (TPSA) is 72.8 Å². The maximum atomic E-state index is 13.9. The number of hydrogen-bond donors (Lipinski definition) is 3. The van der Waals surface area contributed by atoms with Crippen LogP contribution in [0.15, 0.2) is 30.3 Å². The lowest BCUT2D eigenvalue weighted by atomic mass is 9.93. The molecule has 23 heavy (non-hydrogen) atoms. The standard InChI is InChI=1S/C17H25FN2O3/c1-2-19-17(23)15-16(22)14(18)13(21)11-20(15)10-6-9-12-7-4-3-5-8-12/h3-5,7-8,13-16,21-22H,2,6,9-11H2,1H3,(H,19,23)/t13-,14-,15+,16+/m1/s1. The number of nitrogens with zero attached hydrogens (tertiary/aromatic N) is 1. The molecule has 0 unspecified atom stereocenters. The number of nitrogens with one attached hydrogen (secondary N) is 1. The molecule has 6 heteroatoms. The summed E-state index contributed by atoms with van der Waals surface area (Å²) in [6.45, 7) is 2.75. The Morgan fingerprint density at radius 1 is 1.35 bits per heavy atom. The maximum Gasteiger partial charge on any atom is 0.240 e. The number of alkyl halides is 1. The molecule has 0 bridgehead atoms. The van der Waals surface area contributed by atoms with E-state index in [1.807, 2.05) is 30.3 Å². The highest BCUT2D eigenvalue weighted by molar-refractivity contribution is 5.82. The zero-order chi connectivity index (χ0) is 16.8. The van der Waals surface area contributed by atoms with Gasteiger partial charge in [-0.25, -0.2) is 4.39 Å². The van der Waals surface area contributed by atoms with Crippen molar-refractivity contribution in [2.75, 3.05) is 19.6 Å². The largest absolute Gasteiger partial charge is 0.389 e. The SMILES string of the molecule is CCNC(=O)[C@@H]1[C@@H](O)[C@H](F)[C@H](O)CN1CCCc1ccccc1. The van der Waals surface area contributed by atoms with E-state index >= 15 is 0 Å². The molecule has 3 N–H and O–H groups in total. The molecule has 2 rings (SSSR count). The smallest absolute Gasteiger partial charge is 0.240 e. The van der Waals surface area contributed by atoms with Crippen molar-refractivity contribution in [2.24, 2.45) is 0 Å². The number of β-amino-alcohol motifs (C(OH)–C–C–N with tert-alkyl or cyclic N) is 1. The monoisotopic (exact) mass is 324 g/mol. The molecular formula is C17H25FN2O3. The molecular weight excluding hydrogens is 299 g/mol. The molecule has 1 aliphatic rings. The minimum atomic E-state index is -1.80. The number of carbonyl (C=O) groups excluding carboxylic acids is 1.